The standard InChI is InChI=1S/C21H31NO2Si/c1-18(2)23-25(24-19(3)4,21-14-9-6-10-15-21)17-11-16-22-20-12-7-5-8-13-20/h5-10,12-15,18-19,22H,11,16-17H2,1-4H3. The Balaban J connectivity index is 2.09. The molecule has 25 heavy (non-hydrogen) atoms. The van der Waals surface area contributed by atoms with Crippen LogP contribution in [0.3, 0.4) is 0 Å². The molecule has 0 heterocycles. The monoisotopic (exact) mass is 357 g/mol. The molecule has 3 nitrogen and oxygen atoms in total. The summed E-state index contributed by atoms with van der Waals surface area (Å²) in [6.45, 7) is 9.29. The Morgan fingerprint density at radius 1 is 0.800 bits per heavy atom. The average molecular weight is 358 g/mol. The highest BCUT2D eigenvalue weighted by molar-refractivity contribution is 6.81. The van der Waals surface area contributed by atoms with Gasteiger partial charge in [0.2, 0.25) is 0 Å². The molecule has 0 saturated heterocycles. The van der Waals surface area contributed by atoms with Crippen molar-refractivity contribution in [1.29, 1.82) is 0 Å². The fourth-order valence-corrected chi connectivity index (χ4v) is 6.71. The van der Waals surface area contributed by atoms with Gasteiger partial charge in [-0.1, -0.05) is 48.5 Å². The topological polar surface area (TPSA) is 30.5 Å². The number of para-hydroxylation sites is 1. The van der Waals surface area contributed by atoms with Crippen molar-refractivity contribution in [3.63, 3.8) is 0 Å². The van der Waals surface area contributed by atoms with Crippen molar-refractivity contribution in [2.45, 2.75) is 52.4 Å². The number of hydrogen-bond acceptors (Lipinski definition) is 3. The third kappa shape index (κ3) is 6.31. The zero-order valence-electron chi connectivity index (χ0n) is 15.9. The molecule has 0 aliphatic rings. The molecule has 1 N–H and O–H groups in total. The van der Waals surface area contributed by atoms with E-state index in [-0.39, 0.29) is 12.2 Å². The lowest BCUT2D eigenvalue weighted by atomic mass is 10.3. The first-order chi connectivity index (χ1) is 12.0. The van der Waals surface area contributed by atoms with Crippen molar-refractivity contribution in [2.75, 3.05) is 11.9 Å². The Bertz CT molecular complexity index is 592. The zero-order chi connectivity index (χ0) is 18.1. The van der Waals surface area contributed by atoms with Crippen molar-refractivity contribution in [3.8, 4) is 0 Å². The highest BCUT2D eigenvalue weighted by Crippen LogP contribution is 2.21. The lowest BCUT2D eigenvalue weighted by molar-refractivity contribution is 0.114. The predicted molar refractivity (Wildman–Crippen MR) is 109 cm³/mol. The van der Waals surface area contributed by atoms with E-state index in [0.717, 1.165) is 24.7 Å². The van der Waals surface area contributed by atoms with E-state index in [2.05, 4.69) is 81.5 Å². The van der Waals surface area contributed by atoms with Crippen LogP contribution >= 0.6 is 0 Å². The second-order valence-electron chi connectivity index (χ2n) is 6.85. The van der Waals surface area contributed by atoms with Crippen molar-refractivity contribution < 1.29 is 8.85 Å². The molecule has 2 aromatic rings. The zero-order valence-corrected chi connectivity index (χ0v) is 16.9. The summed E-state index contributed by atoms with van der Waals surface area (Å²) < 4.78 is 13.0. The van der Waals surface area contributed by atoms with E-state index in [9.17, 15) is 0 Å². The lowest BCUT2D eigenvalue weighted by Crippen LogP contribution is -2.56. The van der Waals surface area contributed by atoms with Gasteiger partial charge in [0, 0.05) is 24.4 Å². The van der Waals surface area contributed by atoms with E-state index in [1.54, 1.807) is 0 Å². The second-order valence-corrected chi connectivity index (χ2v) is 9.90. The van der Waals surface area contributed by atoms with Gasteiger partial charge in [0.15, 0.2) is 0 Å². The van der Waals surface area contributed by atoms with Crippen molar-refractivity contribution in [2.24, 2.45) is 0 Å². The smallest absolute Gasteiger partial charge is 0.373 e. The van der Waals surface area contributed by atoms with Crippen LogP contribution in [0.15, 0.2) is 60.7 Å². The van der Waals surface area contributed by atoms with E-state index in [0.29, 0.717) is 0 Å². The number of nitrogens with one attached hydrogen (secondary N) is 1. The van der Waals surface area contributed by atoms with Gasteiger partial charge in [-0.25, -0.2) is 0 Å². The van der Waals surface area contributed by atoms with Crippen LogP contribution in [-0.2, 0) is 8.85 Å². The van der Waals surface area contributed by atoms with Gasteiger partial charge in [-0.2, -0.15) is 0 Å². The Morgan fingerprint density at radius 2 is 1.32 bits per heavy atom. The third-order valence-electron chi connectivity index (χ3n) is 3.85. The quantitative estimate of drug-likeness (QED) is 0.494. The Kier molecular flexibility index (Phi) is 7.69. The minimum Gasteiger partial charge on any atom is -0.388 e. The summed E-state index contributed by atoms with van der Waals surface area (Å²) in [6, 6.07) is 21.8. The molecule has 0 atom stereocenters. The van der Waals surface area contributed by atoms with Gasteiger partial charge >= 0.3 is 8.56 Å². The van der Waals surface area contributed by atoms with Crippen molar-refractivity contribution in [1.82, 2.24) is 0 Å². The van der Waals surface area contributed by atoms with E-state index >= 15 is 0 Å². The lowest BCUT2D eigenvalue weighted by Gasteiger charge is -2.34. The predicted octanol–water partition coefficient (Wildman–Crippen LogP) is 4.69. The molecule has 0 aromatic heterocycles. The Labute approximate surface area is 153 Å². The van der Waals surface area contributed by atoms with Crippen molar-refractivity contribution in [3.05, 3.63) is 60.7 Å². The molecule has 0 fully saturated rings. The molecule has 0 aliphatic heterocycles. The summed E-state index contributed by atoms with van der Waals surface area (Å²) in [5.74, 6) is 0. The Morgan fingerprint density at radius 3 is 1.84 bits per heavy atom. The van der Waals surface area contributed by atoms with Gasteiger partial charge in [0.1, 0.15) is 0 Å². The van der Waals surface area contributed by atoms with Gasteiger partial charge in [-0.15, -0.1) is 0 Å². The molecule has 4 heteroatoms. The van der Waals surface area contributed by atoms with Crippen LogP contribution < -0.4 is 10.5 Å². The third-order valence-corrected chi connectivity index (χ3v) is 7.78. The van der Waals surface area contributed by atoms with Crippen LogP contribution in [0.4, 0.5) is 5.69 Å². The fourth-order valence-electron chi connectivity index (χ4n) is 2.99. The van der Waals surface area contributed by atoms with Crippen LogP contribution in [0.1, 0.15) is 34.1 Å². The minimum atomic E-state index is -2.48. The first-order valence-corrected chi connectivity index (χ1v) is 11.2. The average Bonchev–Trinajstić information content (AvgIpc) is 2.59. The summed E-state index contributed by atoms with van der Waals surface area (Å²) in [4.78, 5) is 0. The summed E-state index contributed by atoms with van der Waals surface area (Å²) in [6.07, 6.45) is 1.30. The molecule has 0 unspecified atom stereocenters. The highest BCUT2D eigenvalue weighted by atomic mass is 28.4. The molecule has 136 valence electrons. The van der Waals surface area contributed by atoms with Gasteiger partial charge in [-0.3, -0.25) is 0 Å². The highest BCUT2D eigenvalue weighted by Gasteiger charge is 2.41. The molecule has 0 aliphatic carbocycles. The SMILES string of the molecule is CC(C)O[Si](CCCNc1ccccc1)(OC(C)C)c1ccccc1. The molecular weight excluding hydrogens is 326 g/mol. The van der Waals surface area contributed by atoms with E-state index < -0.39 is 8.56 Å². The summed E-state index contributed by atoms with van der Waals surface area (Å²) >= 11 is 0. The van der Waals surface area contributed by atoms with Gasteiger partial charge in [0.05, 0.1) is 0 Å². The van der Waals surface area contributed by atoms with E-state index in [4.69, 9.17) is 8.85 Å². The first kappa shape index (κ1) is 19.7. The number of benzene rings is 2. The molecule has 0 amide bonds. The number of rotatable bonds is 10. The summed E-state index contributed by atoms with van der Waals surface area (Å²) in [5.41, 5.74) is 1.16. The maximum absolute atomic E-state index is 6.48. The van der Waals surface area contributed by atoms with Crippen LogP contribution in [0, 0.1) is 0 Å². The van der Waals surface area contributed by atoms with Crippen molar-refractivity contribution >= 4 is 19.4 Å². The summed E-state index contributed by atoms with van der Waals surface area (Å²) in [7, 11) is -2.48. The number of anilines is 1. The second kappa shape index (κ2) is 9.75. The number of hydrogen-bond donors (Lipinski definition) is 1. The van der Waals surface area contributed by atoms with Gasteiger partial charge in [0.25, 0.3) is 0 Å². The fraction of sp³-hybridized carbons (Fsp3) is 0.429. The largest absolute Gasteiger partial charge is 0.388 e. The molecular formula is C21H31NO2Si. The minimum absolute atomic E-state index is 0.146. The maximum Gasteiger partial charge on any atom is 0.373 e. The summed E-state index contributed by atoms with van der Waals surface area (Å²) in [5, 5.41) is 4.71. The van der Waals surface area contributed by atoms with E-state index in [1.165, 1.54) is 5.19 Å². The molecule has 2 aromatic carbocycles. The van der Waals surface area contributed by atoms with Crippen LogP contribution in [0.5, 0.6) is 0 Å². The molecule has 0 saturated carbocycles. The molecule has 0 bridgehead atoms. The van der Waals surface area contributed by atoms with Gasteiger partial charge in [-0.05, 0) is 57.5 Å². The van der Waals surface area contributed by atoms with Crippen LogP contribution in [0.2, 0.25) is 6.04 Å². The normalized spacial score (nSPS) is 11.9. The maximum atomic E-state index is 6.48. The van der Waals surface area contributed by atoms with Crippen LogP contribution in [0.25, 0.3) is 0 Å². The van der Waals surface area contributed by atoms with E-state index in [1.807, 2.05) is 12.1 Å². The molecule has 0 radical (unpaired) electrons. The molecule has 2 rings (SSSR count). The Hall–Kier alpha value is -1.62. The van der Waals surface area contributed by atoms with Gasteiger partial charge < -0.3 is 14.2 Å². The molecule has 0 spiro atoms. The van der Waals surface area contributed by atoms with Crippen LogP contribution in [-0.4, -0.2) is 27.3 Å². The first-order valence-electron chi connectivity index (χ1n) is 9.22.